The van der Waals surface area contributed by atoms with E-state index in [0.29, 0.717) is 17.1 Å². The Morgan fingerprint density at radius 3 is 3.00 bits per heavy atom. The van der Waals surface area contributed by atoms with Crippen molar-refractivity contribution in [1.82, 2.24) is 29.9 Å². The van der Waals surface area contributed by atoms with Gasteiger partial charge < -0.3 is 10.2 Å². The van der Waals surface area contributed by atoms with Crippen LogP contribution in [0.25, 0.3) is 5.65 Å². The van der Waals surface area contributed by atoms with E-state index in [4.69, 9.17) is 0 Å². The number of hydrogen-bond donors (Lipinski definition) is 1. The number of piperidine rings is 1. The highest BCUT2D eigenvalue weighted by Gasteiger charge is 2.25. The summed E-state index contributed by atoms with van der Waals surface area (Å²) in [6.07, 6.45) is 8.81. The van der Waals surface area contributed by atoms with Crippen LogP contribution < -0.4 is 10.2 Å². The van der Waals surface area contributed by atoms with E-state index in [2.05, 4.69) is 30.3 Å². The molecule has 0 spiro atoms. The van der Waals surface area contributed by atoms with E-state index in [1.165, 1.54) is 0 Å². The molecule has 0 radical (unpaired) electrons. The highest BCUT2D eigenvalue weighted by Crippen LogP contribution is 2.29. The SMILES string of the molecule is CNC(=O)c1cnn2c([C@H]3CCCN(c4ccncn4)C3)ccnc12. The lowest BCUT2D eigenvalue weighted by Crippen LogP contribution is -2.35. The van der Waals surface area contributed by atoms with Crippen LogP contribution in [0.5, 0.6) is 0 Å². The molecule has 1 atom stereocenters. The van der Waals surface area contributed by atoms with Crippen molar-refractivity contribution in [2.24, 2.45) is 0 Å². The van der Waals surface area contributed by atoms with Crippen LogP contribution in [0.3, 0.4) is 0 Å². The summed E-state index contributed by atoms with van der Waals surface area (Å²) in [5.74, 6) is 1.06. The van der Waals surface area contributed by atoms with Crippen molar-refractivity contribution in [2.75, 3.05) is 25.0 Å². The normalized spacial score (nSPS) is 17.6. The van der Waals surface area contributed by atoms with Gasteiger partial charge >= 0.3 is 0 Å². The van der Waals surface area contributed by atoms with Gasteiger partial charge in [-0.15, -0.1) is 0 Å². The van der Waals surface area contributed by atoms with E-state index in [0.717, 1.165) is 37.4 Å². The molecule has 1 fully saturated rings. The third-order valence-corrected chi connectivity index (χ3v) is 4.63. The maximum Gasteiger partial charge on any atom is 0.256 e. The first-order valence-electron chi connectivity index (χ1n) is 8.33. The fourth-order valence-corrected chi connectivity index (χ4v) is 3.41. The number of rotatable bonds is 3. The second kappa shape index (κ2) is 6.46. The Labute approximate surface area is 144 Å². The third-order valence-electron chi connectivity index (χ3n) is 4.63. The number of carbonyl (C=O) groups excluding carboxylic acids is 1. The summed E-state index contributed by atoms with van der Waals surface area (Å²) in [5, 5.41) is 7.04. The van der Waals surface area contributed by atoms with Crippen molar-refractivity contribution >= 4 is 17.4 Å². The van der Waals surface area contributed by atoms with E-state index < -0.39 is 0 Å². The van der Waals surface area contributed by atoms with E-state index in [9.17, 15) is 4.79 Å². The lowest BCUT2D eigenvalue weighted by Gasteiger charge is -2.33. The molecule has 1 N–H and O–H groups in total. The summed E-state index contributed by atoms with van der Waals surface area (Å²) < 4.78 is 1.79. The highest BCUT2D eigenvalue weighted by atomic mass is 16.1. The number of aromatic nitrogens is 5. The van der Waals surface area contributed by atoms with Gasteiger partial charge in [0.2, 0.25) is 0 Å². The molecule has 0 unspecified atom stereocenters. The third kappa shape index (κ3) is 2.79. The Bertz CT molecular complexity index is 892. The maximum absolute atomic E-state index is 12.0. The molecule has 1 amide bonds. The Hall–Kier alpha value is -3.03. The van der Waals surface area contributed by atoms with Gasteiger partial charge in [0.15, 0.2) is 5.65 Å². The molecule has 8 heteroatoms. The molecule has 25 heavy (non-hydrogen) atoms. The minimum Gasteiger partial charge on any atom is -0.356 e. The summed E-state index contributed by atoms with van der Waals surface area (Å²) in [7, 11) is 1.61. The molecule has 0 bridgehead atoms. The van der Waals surface area contributed by atoms with Crippen molar-refractivity contribution < 1.29 is 4.79 Å². The second-order valence-electron chi connectivity index (χ2n) is 6.10. The zero-order chi connectivity index (χ0) is 17.2. The van der Waals surface area contributed by atoms with Crippen LogP contribution in [0.2, 0.25) is 0 Å². The number of carbonyl (C=O) groups is 1. The quantitative estimate of drug-likeness (QED) is 0.774. The van der Waals surface area contributed by atoms with Gasteiger partial charge in [-0.3, -0.25) is 4.79 Å². The van der Waals surface area contributed by atoms with E-state index >= 15 is 0 Å². The van der Waals surface area contributed by atoms with Crippen LogP contribution in [0.1, 0.15) is 34.8 Å². The summed E-state index contributed by atoms with van der Waals surface area (Å²) in [5.41, 5.74) is 2.16. The average molecular weight is 337 g/mol. The van der Waals surface area contributed by atoms with E-state index in [1.54, 1.807) is 36.5 Å². The first kappa shape index (κ1) is 15.5. The number of nitrogens with zero attached hydrogens (tertiary/aromatic N) is 6. The van der Waals surface area contributed by atoms with Gasteiger partial charge in [0.05, 0.1) is 11.9 Å². The number of nitrogens with one attached hydrogen (secondary N) is 1. The van der Waals surface area contributed by atoms with Gasteiger partial charge in [-0.1, -0.05) is 0 Å². The number of amides is 1. The first-order chi connectivity index (χ1) is 12.3. The molecular weight excluding hydrogens is 318 g/mol. The van der Waals surface area contributed by atoms with Crippen LogP contribution in [-0.4, -0.2) is 50.6 Å². The Morgan fingerprint density at radius 1 is 1.28 bits per heavy atom. The predicted octanol–water partition coefficient (Wildman–Crippen LogP) is 1.26. The molecule has 1 aliphatic rings. The van der Waals surface area contributed by atoms with Gasteiger partial charge in [0.1, 0.15) is 17.7 Å². The zero-order valence-electron chi connectivity index (χ0n) is 14.0. The number of fused-ring (bicyclic) bond motifs is 1. The van der Waals surface area contributed by atoms with Crippen LogP contribution >= 0.6 is 0 Å². The summed E-state index contributed by atoms with van der Waals surface area (Å²) in [6.45, 7) is 1.83. The van der Waals surface area contributed by atoms with Crippen LogP contribution in [-0.2, 0) is 0 Å². The molecule has 0 aliphatic carbocycles. The smallest absolute Gasteiger partial charge is 0.256 e. The van der Waals surface area contributed by atoms with Crippen molar-refractivity contribution in [3.63, 3.8) is 0 Å². The fraction of sp³-hybridized carbons (Fsp3) is 0.353. The first-order valence-corrected chi connectivity index (χ1v) is 8.33. The topological polar surface area (TPSA) is 88.3 Å². The molecular formula is C17H19N7O. The molecule has 128 valence electrons. The highest BCUT2D eigenvalue weighted by molar-refractivity contribution is 5.99. The molecule has 0 aromatic carbocycles. The van der Waals surface area contributed by atoms with Crippen LogP contribution in [0, 0.1) is 0 Å². The largest absolute Gasteiger partial charge is 0.356 e. The van der Waals surface area contributed by atoms with Gasteiger partial charge in [-0.25, -0.2) is 19.5 Å². The molecule has 1 saturated heterocycles. The molecule has 0 saturated carbocycles. The Morgan fingerprint density at radius 2 is 2.20 bits per heavy atom. The standard InChI is InChI=1S/C17H19N7O/c1-18-17(25)13-9-22-24-14(4-7-20-16(13)24)12-3-2-8-23(10-12)15-5-6-19-11-21-15/h4-7,9,11-12H,2-3,8,10H2,1H3,(H,18,25)/t12-/m0/s1. The van der Waals surface area contributed by atoms with E-state index in [1.807, 2.05) is 12.1 Å². The van der Waals surface area contributed by atoms with Crippen molar-refractivity contribution in [3.8, 4) is 0 Å². The fourth-order valence-electron chi connectivity index (χ4n) is 3.41. The summed E-state index contributed by atoms with van der Waals surface area (Å²) in [4.78, 5) is 26.9. The van der Waals surface area contributed by atoms with Gasteiger partial charge in [-0.2, -0.15) is 5.10 Å². The molecule has 1 aliphatic heterocycles. The lowest BCUT2D eigenvalue weighted by atomic mass is 9.94. The number of hydrogen-bond acceptors (Lipinski definition) is 6. The van der Waals surface area contributed by atoms with Crippen LogP contribution in [0.15, 0.2) is 37.1 Å². The monoisotopic (exact) mass is 337 g/mol. The predicted molar refractivity (Wildman–Crippen MR) is 92.6 cm³/mol. The van der Waals surface area contributed by atoms with Crippen LogP contribution in [0.4, 0.5) is 5.82 Å². The summed E-state index contributed by atoms with van der Waals surface area (Å²) >= 11 is 0. The van der Waals surface area contributed by atoms with Crippen molar-refractivity contribution in [3.05, 3.63) is 48.3 Å². The van der Waals surface area contributed by atoms with Gasteiger partial charge in [0, 0.05) is 38.4 Å². The maximum atomic E-state index is 12.0. The van der Waals surface area contributed by atoms with E-state index in [-0.39, 0.29) is 5.91 Å². The van der Waals surface area contributed by atoms with Gasteiger partial charge in [-0.05, 0) is 25.0 Å². The minimum atomic E-state index is -0.175. The molecule has 3 aromatic heterocycles. The second-order valence-corrected chi connectivity index (χ2v) is 6.10. The minimum absolute atomic E-state index is 0.175. The lowest BCUT2D eigenvalue weighted by molar-refractivity contribution is 0.0964. The van der Waals surface area contributed by atoms with Gasteiger partial charge in [0.25, 0.3) is 5.91 Å². The molecule has 8 nitrogen and oxygen atoms in total. The Balaban J connectivity index is 1.67. The van der Waals surface area contributed by atoms with Crippen molar-refractivity contribution in [2.45, 2.75) is 18.8 Å². The summed E-state index contributed by atoms with van der Waals surface area (Å²) in [6, 6.07) is 3.92. The zero-order valence-corrected chi connectivity index (χ0v) is 14.0. The molecule has 4 heterocycles. The average Bonchev–Trinajstić information content (AvgIpc) is 3.12. The van der Waals surface area contributed by atoms with Crippen molar-refractivity contribution in [1.29, 1.82) is 0 Å². The Kier molecular flexibility index (Phi) is 4.01. The molecule has 3 aromatic rings. The molecule has 4 rings (SSSR count). The number of anilines is 1.